The second-order valence-corrected chi connectivity index (χ2v) is 7.62. The van der Waals surface area contributed by atoms with E-state index < -0.39 is 23.5 Å². The van der Waals surface area contributed by atoms with E-state index in [1.54, 1.807) is 42.5 Å². The number of hydrogen-bond acceptors (Lipinski definition) is 5. The van der Waals surface area contributed by atoms with Crippen molar-refractivity contribution >= 4 is 17.4 Å². The van der Waals surface area contributed by atoms with Crippen LogP contribution in [0.15, 0.2) is 54.1 Å². The van der Waals surface area contributed by atoms with Gasteiger partial charge in [0.15, 0.2) is 0 Å². The Hall–Kier alpha value is -3.19. The molecule has 0 aliphatic carbocycles. The fourth-order valence-corrected chi connectivity index (χ4v) is 4.04. The lowest BCUT2D eigenvalue weighted by molar-refractivity contribution is -0.140. The van der Waals surface area contributed by atoms with E-state index in [2.05, 4.69) is 18.7 Å². The number of ether oxygens (including phenoxy) is 1. The van der Waals surface area contributed by atoms with E-state index in [0.717, 1.165) is 19.6 Å². The number of likely N-dealkylation sites (tertiary alicyclic amines) is 1. The Morgan fingerprint density at radius 1 is 1.09 bits per heavy atom. The molecule has 7 heteroatoms. The molecule has 0 bridgehead atoms. The Morgan fingerprint density at radius 2 is 1.75 bits per heavy atom. The summed E-state index contributed by atoms with van der Waals surface area (Å²) in [6.45, 7) is 6.90. The van der Waals surface area contributed by atoms with Crippen LogP contribution < -0.4 is 4.74 Å². The van der Waals surface area contributed by atoms with Gasteiger partial charge >= 0.3 is 0 Å². The summed E-state index contributed by atoms with van der Waals surface area (Å²) in [4.78, 5) is 29.5. The van der Waals surface area contributed by atoms with Crippen molar-refractivity contribution in [2.45, 2.75) is 26.3 Å². The zero-order chi connectivity index (χ0) is 23.3. The summed E-state index contributed by atoms with van der Waals surface area (Å²) in [6.07, 6.45) is 0.627. The number of aliphatic hydroxyl groups is 1. The predicted octanol–water partition coefficient (Wildman–Crippen LogP) is 3.99. The minimum absolute atomic E-state index is 0.104. The molecule has 1 fully saturated rings. The molecule has 1 aliphatic heterocycles. The average Bonchev–Trinajstić information content (AvgIpc) is 3.06. The molecule has 1 saturated heterocycles. The highest BCUT2D eigenvalue weighted by Gasteiger charge is 2.46. The molecule has 1 aliphatic rings. The molecule has 2 aromatic carbocycles. The second-order valence-electron chi connectivity index (χ2n) is 7.62. The first-order valence-corrected chi connectivity index (χ1v) is 10.8. The number of hydrogen-bond donors (Lipinski definition) is 1. The average molecular weight is 441 g/mol. The standard InChI is InChI=1S/C25H29FN2O4/c1-4-27(5-2)15-8-16-28-22(19-9-6-7-10-20(19)26)21(24(30)25(28)31)23(29)17-11-13-18(32-3)14-12-17/h6-7,9-14,22,29H,4-5,8,15-16H2,1-3H3/t22-/m1/s1. The molecule has 0 aromatic heterocycles. The molecule has 1 heterocycles. The van der Waals surface area contributed by atoms with Gasteiger partial charge in [-0.3, -0.25) is 9.59 Å². The monoisotopic (exact) mass is 440 g/mol. The summed E-state index contributed by atoms with van der Waals surface area (Å²) in [6, 6.07) is 11.5. The van der Waals surface area contributed by atoms with Crippen LogP contribution in [0, 0.1) is 5.82 Å². The summed E-state index contributed by atoms with van der Waals surface area (Å²) < 4.78 is 19.9. The Balaban J connectivity index is 2.03. The Labute approximate surface area is 187 Å². The van der Waals surface area contributed by atoms with Gasteiger partial charge in [-0.15, -0.1) is 0 Å². The Kier molecular flexibility index (Phi) is 7.64. The minimum Gasteiger partial charge on any atom is -0.507 e. The van der Waals surface area contributed by atoms with Crippen LogP contribution in [0.5, 0.6) is 5.75 Å². The summed E-state index contributed by atoms with van der Waals surface area (Å²) in [5, 5.41) is 11.0. The molecule has 3 rings (SSSR count). The number of methoxy groups -OCH3 is 1. The third-order valence-corrected chi connectivity index (χ3v) is 5.87. The van der Waals surface area contributed by atoms with Crippen molar-refractivity contribution in [2.75, 3.05) is 33.3 Å². The third-order valence-electron chi connectivity index (χ3n) is 5.87. The topological polar surface area (TPSA) is 70.1 Å². The number of carbonyl (C=O) groups is 2. The summed E-state index contributed by atoms with van der Waals surface area (Å²) in [5.41, 5.74) is 0.436. The number of ketones is 1. The third kappa shape index (κ3) is 4.67. The van der Waals surface area contributed by atoms with Crippen molar-refractivity contribution in [3.05, 3.63) is 71.0 Å². The zero-order valence-corrected chi connectivity index (χ0v) is 18.7. The minimum atomic E-state index is -0.991. The van der Waals surface area contributed by atoms with Crippen molar-refractivity contribution in [2.24, 2.45) is 0 Å². The van der Waals surface area contributed by atoms with E-state index in [0.29, 0.717) is 17.7 Å². The van der Waals surface area contributed by atoms with Gasteiger partial charge in [-0.05, 0) is 56.4 Å². The molecule has 32 heavy (non-hydrogen) atoms. The number of nitrogens with zero attached hydrogens (tertiary/aromatic N) is 2. The fourth-order valence-electron chi connectivity index (χ4n) is 4.04. The maximum absolute atomic E-state index is 14.8. The van der Waals surface area contributed by atoms with E-state index in [1.807, 2.05) is 0 Å². The van der Waals surface area contributed by atoms with Crippen molar-refractivity contribution in [3.63, 3.8) is 0 Å². The van der Waals surface area contributed by atoms with Crippen molar-refractivity contribution in [1.82, 2.24) is 9.80 Å². The highest BCUT2D eigenvalue weighted by atomic mass is 19.1. The Morgan fingerprint density at radius 3 is 2.34 bits per heavy atom. The van der Waals surface area contributed by atoms with Gasteiger partial charge in [0.05, 0.1) is 18.7 Å². The van der Waals surface area contributed by atoms with Gasteiger partial charge in [-0.1, -0.05) is 32.0 Å². The van der Waals surface area contributed by atoms with Crippen molar-refractivity contribution < 1.29 is 23.8 Å². The molecule has 1 N–H and O–H groups in total. The molecular formula is C25H29FN2O4. The van der Waals surface area contributed by atoms with Gasteiger partial charge in [-0.2, -0.15) is 0 Å². The smallest absolute Gasteiger partial charge is 0.295 e. The van der Waals surface area contributed by atoms with Crippen LogP contribution in [0.4, 0.5) is 4.39 Å². The van der Waals surface area contributed by atoms with Crippen LogP contribution in [-0.2, 0) is 9.59 Å². The first-order chi connectivity index (χ1) is 15.4. The maximum atomic E-state index is 14.8. The van der Waals surface area contributed by atoms with E-state index in [-0.39, 0.29) is 23.4 Å². The number of Topliss-reactive ketones (excluding diaryl/α,β-unsaturated/α-hetero) is 1. The Bertz CT molecular complexity index is 999. The number of benzene rings is 2. The van der Waals surface area contributed by atoms with E-state index >= 15 is 0 Å². The lowest BCUT2D eigenvalue weighted by Gasteiger charge is -2.27. The molecule has 170 valence electrons. The summed E-state index contributed by atoms with van der Waals surface area (Å²) >= 11 is 0. The van der Waals surface area contributed by atoms with E-state index in [1.165, 1.54) is 18.1 Å². The summed E-state index contributed by atoms with van der Waals surface area (Å²) in [7, 11) is 1.52. The first kappa shape index (κ1) is 23.5. The number of carbonyl (C=O) groups excluding carboxylic acids is 2. The maximum Gasteiger partial charge on any atom is 0.295 e. The lowest BCUT2D eigenvalue weighted by atomic mass is 9.95. The second kappa shape index (κ2) is 10.4. The van der Waals surface area contributed by atoms with Gasteiger partial charge in [0.25, 0.3) is 11.7 Å². The van der Waals surface area contributed by atoms with Crippen molar-refractivity contribution in [1.29, 1.82) is 0 Å². The van der Waals surface area contributed by atoms with E-state index in [4.69, 9.17) is 4.74 Å². The van der Waals surface area contributed by atoms with Gasteiger partial charge in [0.1, 0.15) is 17.3 Å². The lowest BCUT2D eigenvalue weighted by Crippen LogP contribution is -2.33. The highest BCUT2D eigenvalue weighted by molar-refractivity contribution is 6.46. The van der Waals surface area contributed by atoms with Crippen LogP contribution in [0.25, 0.3) is 5.76 Å². The van der Waals surface area contributed by atoms with Gasteiger partial charge < -0.3 is 19.6 Å². The van der Waals surface area contributed by atoms with Crippen molar-refractivity contribution in [3.8, 4) is 5.75 Å². The molecule has 1 amide bonds. The predicted molar refractivity (Wildman–Crippen MR) is 121 cm³/mol. The number of aliphatic hydroxyl groups excluding tert-OH is 1. The van der Waals surface area contributed by atoms with Crippen LogP contribution in [0.1, 0.15) is 37.4 Å². The molecule has 2 aromatic rings. The van der Waals surface area contributed by atoms with Gasteiger partial charge in [0.2, 0.25) is 0 Å². The highest BCUT2D eigenvalue weighted by Crippen LogP contribution is 2.40. The molecule has 0 spiro atoms. The molecule has 0 saturated carbocycles. The first-order valence-electron chi connectivity index (χ1n) is 10.8. The molecule has 6 nitrogen and oxygen atoms in total. The molecular weight excluding hydrogens is 411 g/mol. The number of rotatable bonds is 9. The molecule has 1 atom stereocenters. The van der Waals surface area contributed by atoms with Gasteiger partial charge in [0, 0.05) is 17.7 Å². The van der Waals surface area contributed by atoms with Crippen LogP contribution in [-0.4, -0.2) is 59.9 Å². The van der Waals surface area contributed by atoms with Crippen LogP contribution in [0.3, 0.4) is 0 Å². The zero-order valence-electron chi connectivity index (χ0n) is 18.7. The quantitative estimate of drug-likeness (QED) is 0.363. The van der Waals surface area contributed by atoms with Gasteiger partial charge in [-0.25, -0.2) is 4.39 Å². The normalized spacial score (nSPS) is 17.9. The number of halogens is 1. The molecule has 0 radical (unpaired) electrons. The number of amides is 1. The van der Waals surface area contributed by atoms with Crippen LogP contribution >= 0.6 is 0 Å². The van der Waals surface area contributed by atoms with E-state index in [9.17, 15) is 19.1 Å². The van der Waals surface area contributed by atoms with Crippen LogP contribution in [0.2, 0.25) is 0 Å². The fraction of sp³-hybridized carbons (Fsp3) is 0.360. The SMILES string of the molecule is CCN(CC)CCCN1C(=O)C(=O)C(=C(O)c2ccc(OC)cc2)[C@H]1c1ccccc1F. The summed E-state index contributed by atoms with van der Waals surface area (Å²) in [5.74, 6) is -1.81. The largest absolute Gasteiger partial charge is 0.507 e. The molecule has 0 unspecified atom stereocenters.